The lowest BCUT2D eigenvalue weighted by atomic mass is 9.94. The maximum Gasteiger partial charge on any atom is 0.243 e. The van der Waals surface area contributed by atoms with E-state index in [0.29, 0.717) is 38.2 Å². The van der Waals surface area contributed by atoms with Gasteiger partial charge in [0.2, 0.25) is 15.9 Å². The van der Waals surface area contributed by atoms with E-state index in [0.717, 1.165) is 22.2 Å². The molecule has 0 aliphatic carbocycles. The van der Waals surface area contributed by atoms with Gasteiger partial charge in [-0.25, -0.2) is 8.42 Å². The van der Waals surface area contributed by atoms with Crippen LogP contribution in [0, 0.1) is 0 Å². The maximum atomic E-state index is 13.5. The number of ether oxygens (including phenoxy) is 1. The minimum absolute atomic E-state index is 0.0408. The molecule has 7 heteroatoms. The number of fused-ring (bicyclic) bond motifs is 3. The summed E-state index contributed by atoms with van der Waals surface area (Å²) in [6, 6.07) is 14.1. The molecule has 3 heterocycles. The van der Waals surface area contributed by atoms with Gasteiger partial charge < -0.3 is 4.74 Å². The van der Waals surface area contributed by atoms with Gasteiger partial charge in [-0.15, -0.1) is 0 Å². The zero-order chi connectivity index (χ0) is 20.2. The van der Waals surface area contributed by atoms with Gasteiger partial charge in [0.05, 0.1) is 23.1 Å². The van der Waals surface area contributed by atoms with Gasteiger partial charge in [-0.1, -0.05) is 18.2 Å². The van der Waals surface area contributed by atoms with Crippen molar-refractivity contribution >= 4 is 26.8 Å². The standard InChI is InChI=1S/C22H22N2O4S/c1-2-28-15-7-9-16(10-8-15)29(26,27)23-14-13-18-17-5-3-4-6-19(17)24-21(25)12-11-20(23)22(18)24/h3-10,20H,2,11-14H2,1H3. The minimum Gasteiger partial charge on any atom is -0.494 e. The Morgan fingerprint density at radius 2 is 1.83 bits per heavy atom. The van der Waals surface area contributed by atoms with E-state index in [1.807, 2.05) is 31.2 Å². The summed E-state index contributed by atoms with van der Waals surface area (Å²) in [6.45, 7) is 2.83. The normalized spacial score (nSPS) is 19.3. The number of aromatic nitrogens is 1. The molecule has 0 amide bonds. The smallest absolute Gasteiger partial charge is 0.243 e. The fraction of sp³-hybridized carbons (Fsp3) is 0.318. The number of rotatable bonds is 4. The number of hydrogen-bond acceptors (Lipinski definition) is 4. The lowest BCUT2D eigenvalue weighted by Crippen LogP contribution is -2.43. The molecule has 3 aromatic rings. The van der Waals surface area contributed by atoms with Gasteiger partial charge >= 0.3 is 0 Å². The van der Waals surface area contributed by atoms with Crippen LogP contribution < -0.4 is 4.74 Å². The molecule has 2 aliphatic heterocycles. The van der Waals surface area contributed by atoms with Crippen LogP contribution in [0.4, 0.5) is 0 Å². The molecule has 1 unspecified atom stereocenters. The van der Waals surface area contributed by atoms with Crippen molar-refractivity contribution in [1.82, 2.24) is 8.87 Å². The van der Waals surface area contributed by atoms with Crippen LogP contribution >= 0.6 is 0 Å². The van der Waals surface area contributed by atoms with Crippen LogP contribution in [-0.4, -0.2) is 36.3 Å². The molecule has 2 aliphatic rings. The summed E-state index contributed by atoms with van der Waals surface area (Å²) in [5.41, 5.74) is 2.84. The van der Waals surface area contributed by atoms with Crippen molar-refractivity contribution in [2.45, 2.75) is 37.1 Å². The lowest BCUT2D eigenvalue weighted by Gasteiger charge is -2.38. The van der Waals surface area contributed by atoms with Gasteiger partial charge in [-0.3, -0.25) is 9.36 Å². The maximum absolute atomic E-state index is 13.5. The third-order valence-electron chi connectivity index (χ3n) is 5.89. The molecule has 150 valence electrons. The molecule has 0 N–H and O–H groups in total. The van der Waals surface area contributed by atoms with E-state index in [1.54, 1.807) is 33.1 Å². The predicted molar refractivity (Wildman–Crippen MR) is 110 cm³/mol. The van der Waals surface area contributed by atoms with Crippen LogP contribution in [0.5, 0.6) is 5.75 Å². The van der Waals surface area contributed by atoms with E-state index in [-0.39, 0.29) is 16.8 Å². The summed E-state index contributed by atoms with van der Waals surface area (Å²) in [6.07, 6.45) is 1.45. The van der Waals surface area contributed by atoms with Gasteiger partial charge in [0.1, 0.15) is 5.75 Å². The van der Waals surface area contributed by atoms with Crippen molar-refractivity contribution in [1.29, 1.82) is 0 Å². The Kier molecular flexibility index (Phi) is 4.26. The lowest BCUT2D eigenvalue weighted by molar-refractivity contribution is 0.0855. The Bertz CT molecular complexity index is 1210. The van der Waals surface area contributed by atoms with Crippen LogP contribution in [-0.2, 0) is 16.4 Å². The molecule has 2 aromatic carbocycles. The summed E-state index contributed by atoms with van der Waals surface area (Å²) in [5.74, 6) is 0.690. The highest BCUT2D eigenvalue weighted by Gasteiger charge is 2.42. The molecule has 29 heavy (non-hydrogen) atoms. The number of carbonyl (C=O) groups is 1. The highest BCUT2D eigenvalue weighted by molar-refractivity contribution is 7.89. The topological polar surface area (TPSA) is 68.6 Å². The van der Waals surface area contributed by atoms with Crippen LogP contribution in [0.25, 0.3) is 10.9 Å². The van der Waals surface area contributed by atoms with E-state index >= 15 is 0 Å². The predicted octanol–water partition coefficient (Wildman–Crippen LogP) is 3.76. The fourth-order valence-corrected chi connectivity index (χ4v) is 6.30. The highest BCUT2D eigenvalue weighted by Crippen LogP contribution is 2.44. The fourth-order valence-electron chi connectivity index (χ4n) is 4.67. The molecule has 0 radical (unpaired) electrons. The van der Waals surface area contributed by atoms with Crippen molar-refractivity contribution in [3.63, 3.8) is 0 Å². The number of benzene rings is 2. The first kappa shape index (κ1) is 18.4. The van der Waals surface area contributed by atoms with E-state index in [2.05, 4.69) is 0 Å². The van der Waals surface area contributed by atoms with Gasteiger partial charge in [-0.2, -0.15) is 4.31 Å². The third-order valence-corrected chi connectivity index (χ3v) is 7.81. The minimum atomic E-state index is -3.68. The van der Waals surface area contributed by atoms with Gasteiger partial charge in [-0.05, 0) is 55.7 Å². The molecule has 0 saturated heterocycles. The molecule has 0 fully saturated rings. The molecule has 0 bridgehead atoms. The first-order valence-corrected chi connectivity index (χ1v) is 11.4. The molecule has 0 spiro atoms. The quantitative estimate of drug-likeness (QED) is 0.657. The summed E-state index contributed by atoms with van der Waals surface area (Å²) >= 11 is 0. The highest BCUT2D eigenvalue weighted by atomic mass is 32.2. The molecule has 5 rings (SSSR count). The Labute approximate surface area is 169 Å². The first-order chi connectivity index (χ1) is 14.0. The monoisotopic (exact) mass is 410 g/mol. The van der Waals surface area contributed by atoms with E-state index < -0.39 is 10.0 Å². The summed E-state index contributed by atoms with van der Waals surface area (Å²) in [4.78, 5) is 13.0. The van der Waals surface area contributed by atoms with Crippen molar-refractivity contribution in [3.05, 3.63) is 59.8 Å². The van der Waals surface area contributed by atoms with Crippen molar-refractivity contribution in [2.24, 2.45) is 0 Å². The van der Waals surface area contributed by atoms with Gasteiger partial charge in [0.25, 0.3) is 0 Å². The molecular weight excluding hydrogens is 388 g/mol. The zero-order valence-electron chi connectivity index (χ0n) is 16.2. The molecule has 1 atom stereocenters. The van der Waals surface area contributed by atoms with E-state index in [1.165, 1.54) is 0 Å². The van der Waals surface area contributed by atoms with Crippen LogP contribution in [0.3, 0.4) is 0 Å². The van der Waals surface area contributed by atoms with Gasteiger partial charge in [0.15, 0.2) is 0 Å². The number of carbonyl (C=O) groups excluding carboxylic acids is 1. The number of nitrogens with zero attached hydrogens (tertiary/aromatic N) is 2. The number of para-hydroxylation sites is 1. The Hall–Kier alpha value is -2.64. The Morgan fingerprint density at radius 1 is 1.07 bits per heavy atom. The molecule has 6 nitrogen and oxygen atoms in total. The molecular formula is C22H22N2O4S. The Morgan fingerprint density at radius 3 is 2.59 bits per heavy atom. The average Bonchev–Trinajstić information content (AvgIpc) is 3.07. The van der Waals surface area contributed by atoms with Crippen molar-refractivity contribution < 1.29 is 17.9 Å². The number of hydrogen-bond donors (Lipinski definition) is 0. The van der Waals surface area contributed by atoms with Gasteiger partial charge in [0, 0.05) is 24.0 Å². The SMILES string of the molecule is CCOc1ccc(S(=O)(=O)N2CCc3c4n(c5ccccc35)C(=O)CCC42)cc1. The van der Waals surface area contributed by atoms with Crippen LogP contribution in [0.15, 0.2) is 53.4 Å². The first-order valence-electron chi connectivity index (χ1n) is 9.92. The largest absolute Gasteiger partial charge is 0.494 e. The molecule has 0 saturated carbocycles. The summed E-state index contributed by atoms with van der Waals surface area (Å²) < 4.78 is 35.7. The number of sulfonamides is 1. The second kappa shape index (κ2) is 6.71. The van der Waals surface area contributed by atoms with E-state index in [9.17, 15) is 13.2 Å². The summed E-state index contributed by atoms with van der Waals surface area (Å²) in [5, 5.41) is 1.06. The summed E-state index contributed by atoms with van der Waals surface area (Å²) in [7, 11) is -3.68. The second-order valence-electron chi connectivity index (χ2n) is 7.43. The van der Waals surface area contributed by atoms with Crippen molar-refractivity contribution in [3.8, 4) is 5.75 Å². The third kappa shape index (κ3) is 2.72. The average molecular weight is 410 g/mol. The second-order valence-corrected chi connectivity index (χ2v) is 9.33. The zero-order valence-corrected chi connectivity index (χ0v) is 17.0. The van der Waals surface area contributed by atoms with E-state index in [4.69, 9.17) is 4.74 Å². The van der Waals surface area contributed by atoms with Crippen LogP contribution in [0.1, 0.15) is 41.9 Å². The van der Waals surface area contributed by atoms with Crippen molar-refractivity contribution in [2.75, 3.05) is 13.2 Å². The molecule has 1 aromatic heterocycles. The van der Waals surface area contributed by atoms with Crippen LogP contribution in [0.2, 0.25) is 0 Å². The Balaban J connectivity index is 1.60.